The largest absolute Gasteiger partial charge is 0.462 e. The van der Waals surface area contributed by atoms with Crippen molar-refractivity contribution < 1.29 is 14.3 Å². The van der Waals surface area contributed by atoms with Crippen molar-refractivity contribution in [1.29, 1.82) is 0 Å². The Morgan fingerprint density at radius 2 is 1.83 bits per heavy atom. The average Bonchev–Trinajstić information content (AvgIpc) is 3.20. The van der Waals surface area contributed by atoms with Gasteiger partial charge in [0.25, 0.3) is 0 Å². The minimum atomic E-state index is -0.381. The number of thioether (sulfide) groups is 1. The first kappa shape index (κ1) is 20.8. The molecule has 0 saturated heterocycles. The van der Waals surface area contributed by atoms with Gasteiger partial charge in [0.05, 0.1) is 17.9 Å². The van der Waals surface area contributed by atoms with Crippen LogP contribution in [0.3, 0.4) is 0 Å². The van der Waals surface area contributed by atoms with Gasteiger partial charge in [-0.3, -0.25) is 4.79 Å². The van der Waals surface area contributed by atoms with E-state index in [0.717, 1.165) is 5.56 Å². The molecule has 0 bridgehead atoms. The van der Waals surface area contributed by atoms with Crippen LogP contribution in [0.4, 0.5) is 10.8 Å². The van der Waals surface area contributed by atoms with Gasteiger partial charge in [0.2, 0.25) is 11.0 Å². The molecular weight excluding hydrogens is 408 g/mol. The Morgan fingerprint density at radius 1 is 1.07 bits per heavy atom. The quantitative estimate of drug-likeness (QED) is 0.392. The monoisotopic (exact) mass is 428 g/mol. The number of carbonyl (C=O) groups excluding carboxylic acids is 2. The Kier molecular flexibility index (Phi) is 7.60. The summed E-state index contributed by atoms with van der Waals surface area (Å²) in [5.74, 6) is -0.325. The van der Waals surface area contributed by atoms with E-state index in [2.05, 4.69) is 20.8 Å². The minimum Gasteiger partial charge on any atom is -0.462 e. The van der Waals surface area contributed by atoms with Crippen LogP contribution >= 0.6 is 23.1 Å². The van der Waals surface area contributed by atoms with Crippen LogP contribution in [0.25, 0.3) is 0 Å². The van der Waals surface area contributed by atoms with Crippen molar-refractivity contribution in [2.75, 3.05) is 23.0 Å². The molecule has 0 aliphatic heterocycles. The molecule has 29 heavy (non-hydrogen) atoms. The number of ether oxygens (including phenoxy) is 1. The summed E-state index contributed by atoms with van der Waals surface area (Å²) in [4.78, 5) is 23.8. The minimum absolute atomic E-state index is 0.159. The smallest absolute Gasteiger partial charge is 0.338 e. The van der Waals surface area contributed by atoms with E-state index in [9.17, 15) is 9.59 Å². The Labute approximate surface area is 176 Å². The van der Waals surface area contributed by atoms with Crippen LogP contribution in [0.5, 0.6) is 0 Å². The first-order chi connectivity index (χ1) is 14.1. The third-order valence-electron chi connectivity index (χ3n) is 3.70. The normalized spacial score (nSPS) is 10.4. The number of anilines is 2. The van der Waals surface area contributed by atoms with E-state index in [-0.39, 0.29) is 17.6 Å². The molecule has 2 N–H and O–H groups in total. The number of carbonyl (C=O) groups is 2. The number of aromatic nitrogens is 2. The summed E-state index contributed by atoms with van der Waals surface area (Å²) >= 11 is 2.73. The van der Waals surface area contributed by atoms with Gasteiger partial charge in [0, 0.05) is 12.2 Å². The van der Waals surface area contributed by atoms with Crippen LogP contribution in [0, 0.1) is 0 Å². The number of nitrogens with zero attached hydrogens (tertiary/aromatic N) is 2. The summed E-state index contributed by atoms with van der Waals surface area (Å²) < 4.78 is 5.65. The summed E-state index contributed by atoms with van der Waals surface area (Å²) in [6, 6.07) is 16.6. The zero-order valence-electron chi connectivity index (χ0n) is 15.8. The van der Waals surface area contributed by atoms with Gasteiger partial charge in [-0.2, -0.15) is 0 Å². The van der Waals surface area contributed by atoms with Crippen LogP contribution in [0.15, 0.2) is 58.9 Å². The second kappa shape index (κ2) is 10.6. The molecule has 9 heteroatoms. The fourth-order valence-electron chi connectivity index (χ4n) is 2.34. The molecule has 3 rings (SSSR count). The van der Waals surface area contributed by atoms with E-state index in [1.807, 2.05) is 30.3 Å². The number of benzene rings is 2. The molecule has 1 amide bonds. The maximum atomic E-state index is 12.1. The van der Waals surface area contributed by atoms with Crippen LogP contribution in [-0.4, -0.2) is 34.4 Å². The lowest BCUT2D eigenvalue weighted by Gasteiger charge is -2.06. The summed E-state index contributed by atoms with van der Waals surface area (Å²) in [5, 5.41) is 14.9. The van der Waals surface area contributed by atoms with Gasteiger partial charge < -0.3 is 15.4 Å². The average molecular weight is 429 g/mol. The highest BCUT2D eigenvalue weighted by molar-refractivity contribution is 8.01. The van der Waals surface area contributed by atoms with E-state index in [4.69, 9.17) is 4.74 Å². The van der Waals surface area contributed by atoms with Gasteiger partial charge in [-0.1, -0.05) is 53.4 Å². The van der Waals surface area contributed by atoms with Crippen molar-refractivity contribution in [2.45, 2.75) is 17.8 Å². The molecule has 150 valence electrons. The fraction of sp³-hybridized carbons (Fsp3) is 0.200. The number of amides is 1. The second-order valence-electron chi connectivity index (χ2n) is 5.85. The summed E-state index contributed by atoms with van der Waals surface area (Å²) in [7, 11) is 0. The van der Waals surface area contributed by atoms with E-state index in [1.54, 1.807) is 31.2 Å². The topological polar surface area (TPSA) is 93.2 Å². The molecule has 7 nitrogen and oxygen atoms in total. The van der Waals surface area contributed by atoms with Crippen molar-refractivity contribution in [3.8, 4) is 0 Å². The van der Waals surface area contributed by atoms with Crippen molar-refractivity contribution in [2.24, 2.45) is 0 Å². The Bertz CT molecular complexity index is 946. The van der Waals surface area contributed by atoms with Crippen LogP contribution < -0.4 is 10.6 Å². The highest BCUT2D eigenvalue weighted by Crippen LogP contribution is 2.26. The van der Waals surface area contributed by atoms with Gasteiger partial charge in [0.1, 0.15) is 0 Å². The zero-order chi connectivity index (χ0) is 20.5. The summed E-state index contributed by atoms with van der Waals surface area (Å²) in [6.45, 7) is 2.75. The number of rotatable bonds is 9. The van der Waals surface area contributed by atoms with Gasteiger partial charge >= 0.3 is 5.97 Å². The lowest BCUT2D eigenvalue weighted by Crippen LogP contribution is -2.14. The second-order valence-corrected chi connectivity index (χ2v) is 8.05. The van der Waals surface area contributed by atoms with Gasteiger partial charge in [0.15, 0.2) is 4.34 Å². The van der Waals surface area contributed by atoms with E-state index in [1.165, 1.54) is 23.1 Å². The molecule has 0 atom stereocenters. The predicted molar refractivity (Wildman–Crippen MR) is 115 cm³/mol. The maximum Gasteiger partial charge on any atom is 0.338 e. The van der Waals surface area contributed by atoms with Gasteiger partial charge in [-0.05, 0) is 36.8 Å². The van der Waals surface area contributed by atoms with Crippen molar-refractivity contribution in [1.82, 2.24) is 10.2 Å². The first-order valence-corrected chi connectivity index (χ1v) is 10.8. The maximum absolute atomic E-state index is 12.1. The van der Waals surface area contributed by atoms with E-state index >= 15 is 0 Å². The molecule has 0 spiro atoms. The van der Waals surface area contributed by atoms with Crippen LogP contribution in [0.1, 0.15) is 22.8 Å². The summed E-state index contributed by atoms with van der Waals surface area (Å²) in [5.41, 5.74) is 2.22. The van der Waals surface area contributed by atoms with E-state index < -0.39 is 0 Å². The molecule has 1 aromatic heterocycles. The molecule has 1 heterocycles. The number of esters is 1. The van der Waals surface area contributed by atoms with Crippen LogP contribution in [0.2, 0.25) is 0 Å². The highest BCUT2D eigenvalue weighted by Gasteiger charge is 2.10. The highest BCUT2D eigenvalue weighted by atomic mass is 32.2. The number of hydrogen-bond acceptors (Lipinski definition) is 8. The third kappa shape index (κ3) is 6.58. The van der Waals surface area contributed by atoms with Gasteiger partial charge in [-0.25, -0.2) is 4.79 Å². The molecule has 0 aliphatic rings. The van der Waals surface area contributed by atoms with Crippen molar-refractivity contribution in [3.05, 3.63) is 65.7 Å². The Balaban J connectivity index is 1.43. The first-order valence-electron chi connectivity index (χ1n) is 8.95. The summed E-state index contributed by atoms with van der Waals surface area (Å²) in [6.07, 6.45) is 0. The molecular formula is C20H20N4O3S2. The molecule has 0 aliphatic carbocycles. The van der Waals surface area contributed by atoms with Crippen molar-refractivity contribution in [3.63, 3.8) is 0 Å². The fourth-order valence-corrected chi connectivity index (χ4v) is 3.89. The molecule has 2 aromatic carbocycles. The number of nitrogens with one attached hydrogen (secondary N) is 2. The Morgan fingerprint density at radius 3 is 2.55 bits per heavy atom. The third-order valence-corrected chi connectivity index (χ3v) is 5.71. The Hall–Kier alpha value is -2.91. The zero-order valence-corrected chi connectivity index (χ0v) is 17.4. The molecule has 0 saturated carbocycles. The van der Waals surface area contributed by atoms with Gasteiger partial charge in [-0.15, -0.1) is 10.2 Å². The van der Waals surface area contributed by atoms with Crippen molar-refractivity contribution >= 4 is 45.8 Å². The SMILES string of the molecule is CCOC(=O)c1ccc(NC(=O)CSc2nnc(NCc3ccccc3)s2)cc1. The molecule has 0 unspecified atom stereocenters. The standard InChI is InChI=1S/C20H20N4O3S2/c1-2-27-18(26)15-8-10-16(11-9-15)22-17(25)13-28-20-24-23-19(29-20)21-12-14-6-4-3-5-7-14/h3-11H,2,12-13H2,1H3,(H,21,23)(H,22,25). The van der Waals surface area contributed by atoms with E-state index in [0.29, 0.717) is 33.9 Å². The number of hydrogen-bond donors (Lipinski definition) is 2. The molecule has 0 radical (unpaired) electrons. The lowest BCUT2D eigenvalue weighted by molar-refractivity contribution is -0.113. The van der Waals surface area contributed by atoms with Crippen LogP contribution in [-0.2, 0) is 16.1 Å². The predicted octanol–water partition coefficient (Wildman–Crippen LogP) is 4.06. The molecule has 3 aromatic rings. The molecule has 0 fully saturated rings. The lowest BCUT2D eigenvalue weighted by atomic mass is 10.2.